The first-order chi connectivity index (χ1) is 27.3. The lowest BCUT2D eigenvalue weighted by atomic mass is 9.90. The van der Waals surface area contributed by atoms with Gasteiger partial charge in [-0.3, -0.25) is 33.1 Å². The summed E-state index contributed by atoms with van der Waals surface area (Å²) in [6.07, 6.45) is 2.39. The number of ketones is 1. The number of nitrogens with zero attached hydrogens (tertiary/aromatic N) is 1. The Morgan fingerprint density at radius 2 is 1.28 bits per heavy atom. The molecule has 16 heteroatoms. The summed E-state index contributed by atoms with van der Waals surface area (Å²) in [6.45, 7) is 10.2. The summed E-state index contributed by atoms with van der Waals surface area (Å²) in [5.41, 5.74) is -0.587. The highest BCUT2D eigenvalue weighted by molar-refractivity contribution is 7.86. The molecule has 1 aliphatic rings. The monoisotopic (exact) mass is 829 g/mol. The highest BCUT2D eigenvalue weighted by Gasteiger charge is 2.39. The predicted molar refractivity (Wildman–Crippen MR) is 220 cm³/mol. The van der Waals surface area contributed by atoms with Gasteiger partial charge in [-0.05, 0) is 62.0 Å². The standard InChI is InChI=1S/C42H63N5O10S/c1-29(2)17-19-33(38(49)42(5,53)28-57-58(6,54)55)44-41(52)36(26-32-15-11-8-12-16-32)46-40(51)35(25-30(3)4)45-39(50)34(20-18-31-13-9-7-10-14-31)43-37(48)27-47-21-23-56-24-22-47/h7-16,29-30,33-36,53H,17-28H2,1-6H3,(H,43,48)(H,44,52)(H,45,50)(H,46,51)/t33-,34-,35?,36-,42?/m0/s1. The number of nitrogens with one attached hydrogen (secondary N) is 4. The van der Waals surface area contributed by atoms with E-state index in [1.165, 1.54) is 0 Å². The van der Waals surface area contributed by atoms with E-state index in [4.69, 9.17) is 8.92 Å². The molecule has 0 bridgehead atoms. The summed E-state index contributed by atoms with van der Waals surface area (Å²) < 4.78 is 33.5. The summed E-state index contributed by atoms with van der Waals surface area (Å²) in [6, 6.07) is 13.9. The maximum atomic E-state index is 14.2. The van der Waals surface area contributed by atoms with Crippen LogP contribution in [0.1, 0.15) is 71.4 Å². The summed E-state index contributed by atoms with van der Waals surface area (Å²) in [4.78, 5) is 71.2. The third-order valence-corrected chi connectivity index (χ3v) is 10.2. The van der Waals surface area contributed by atoms with E-state index in [-0.39, 0.29) is 50.0 Å². The molecule has 0 radical (unpaired) electrons. The SMILES string of the molecule is CC(C)CC[C@H](NC(=O)[C@H](Cc1ccccc1)NC(=O)C(CC(C)C)NC(=O)[C@H](CCc1ccccc1)NC(=O)CN1CCOCC1)C(=O)C(C)(O)COS(C)(=O)=O. The Labute approximate surface area is 343 Å². The molecule has 1 saturated heterocycles. The Bertz CT molecular complexity index is 1730. The number of ether oxygens (including phenoxy) is 1. The highest BCUT2D eigenvalue weighted by atomic mass is 32.2. The average Bonchev–Trinajstić information content (AvgIpc) is 3.17. The number of amides is 4. The number of aryl methyl sites for hydroxylation is 1. The quantitative estimate of drug-likeness (QED) is 0.0966. The van der Waals surface area contributed by atoms with E-state index in [1.807, 2.05) is 62.9 Å². The molecular formula is C42H63N5O10S. The van der Waals surface area contributed by atoms with Gasteiger partial charge in [-0.1, -0.05) is 88.4 Å². The molecule has 0 aromatic heterocycles. The number of carbonyl (C=O) groups excluding carboxylic acids is 5. The van der Waals surface area contributed by atoms with Crippen LogP contribution in [-0.2, 0) is 55.9 Å². The molecule has 0 saturated carbocycles. The van der Waals surface area contributed by atoms with Gasteiger partial charge < -0.3 is 31.1 Å². The second kappa shape index (κ2) is 23.4. The molecule has 5 N–H and O–H groups in total. The van der Waals surface area contributed by atoms with Crippen molar-refractivity contribution in [2.24, 2.45) is 11.8 Å². The minimum atomic E-state index is -3.99. The first kappa shape index (κ1) is 48.2. The van der Waals surface area contributed by atoms with Crippen molar-refractivity contribution in [3.05, 3.63) is 71.8 Å². The van der Waals surface area contributed by atoms with E-state index < -0.39 is 70.0 Å². The molecular weight excluding hydrogens is 767 g/mol. The van der Waals surface area contributed by atoms with Crippen LogP contribution in [0.4, 0.5) is 0 Å². The van der Waals surface area contributed by atoms with E-state index in [0.29, 0.717) is 44.7 Å². The number of hydrogen-bond acceptors (Lipinski definition) is 11. The molecule has 5 atom stereocenters. The number of carbonyl (C=O) groups is 5. The van der Waals surface area contributed by atoms with Crippen LogP contribution < -0.4 is 21.3 Å². The molecule has 1 fully saturated rings. The summed E-state index contributed by atoms with van der Waals surface area (Å²) in [5.74, 6) is -3.03. The van der Waals surface area contributed by atoms with E-state index in [9.17, 15) is 37.5 Å². The van der Waals surface area contributed by atoms with Crippen LogP contribution in [0.2, 0.25) is 0 Å². The Kier molecular flexibility index (Phi) is 19.4. The van der Waals surface area contributed by atoms with Crippen LogP contribution >= 0.6 is 0 Å². The van der Waals surface area contributed by atoms with Crippen molar-refractivity contribution in [2.75, 3.05) is 45.7 Å². The Morgan fingerprint density at radius 3 is 1.84 bits per heavy atom. The fourth-order valence-corrected chi connectivity index (χ4v) is 6.89. The minimum Gasteiger partial charge on any atom is -0.380 e. The third kappa shape index (κ3) is 17.7. The number of morpholine rings is 1. The fraction of sp³-hybridized carbons (Fsp3) is 0.595. The van der Waals surface area contributed by atoms with Gasteiger partial charge >= 0.3 is 0 Å². The molecule has 2 aromatic carbocycles. The van der Waals surface area contributed by atoms with Crippen LogP contribution in [0.5, 0.6) is 0 Å². The van der Waals surface area contributed by atoms with Gasteiger partial charge in [-0.2, -0.15) is 8.42 Å². The molecule has 2 aromatic rings. The molecule has 1 heterocycles. The number of aliphatic hydroxyl groups is 1. The van der Waals surface area contributed by atoms with Gasteiger partial charge in [0.2, 0.25) is 23.6 Å². The van der Waals surface area contributed by atoms with Crippen LogP contribution in [-0.4, -0.2) is 123 Å². The van der Waals surface area contributed by atoms with E-state index in [2.05, 4.69) is 21.3 Å². The first-order valence-corrected chi connectivity index (χ1v) is 21.8. The lowest BCUT2D eigenvalue weighted by Gasteiger charge is -2.30. The summed E-state index contributed by atoms with van der Waals surface area (Å²) in [5, 5.41) is 22.3. The first-order valence-electron chi connectivity index (χ1n) is 20.0. The Morgan fingerprint density at radius 1 is 0.741 bits per heavy atom. The molecule has 0 aliphatic carbocycles. The van der Waals surface area contributed by atoms with Gasteiger partial charge in [0.05, 0.1) is 32.1 Å². The average molecular weight is 830 g/mol. The van der Waals surface area contributed by atoms with Crippen LogP contribution in [0.3, 0.4) is 0 Å². The van der Waals surface area contributed by atoms with Crippen LogP contribution in [0.15, 0.2) is 60.7 Å². The number of benzene rings is 2. The van der Waals surface area contributed by atoms with Gasteiger partial charge in [0, 0.05) is 19.5 Å². The highest BCUT2D eigenvalue weighted by Crippen LogP contribution is 2.17. The molecule has 2 unspecified atom stereocenters. The molecule has 58 heavy (non-hydrogen) atoms. The van der Waals surface area contributed by atoms with Crippen molar-refractivity contribution in [1.82, 2.24) is 26.2 Å². The van der Waals surface area contributed by atoms with Gasteiger partial charge in [0.15, 0.2) is 5.78 Å². The third-order valence-electron chi connectivity index (χ3n) is 9.69. The lowest BCUT2D eigenvalue weighted by molar-refractivity contribution is -0.143. The second-order valence-electron chi connectivity index (χ2n) is 16.1. The van der Waals surface area contributed by atoms with E-state index >= 15 is 0 Å². The summed E-state index contributed by atoms with van der Waals surface area (Å²) >= 11 is 0. The minimum absolute atomic E-state index is 0.0245. The fourth-order valence-electron chi connectivity index (χ4n) is 6.44. The van der Waals surface area contributed by atoms with Gasteiger partial charge in [0.1, 0.15) is 30.3 Å². The zero-order valence-electron chi connectivity index (χ0n) is 34.7. The van der Waals surface area contributed by atoms with Gasteiger partial charge in [-0.15, -0.1) is 0 Å². The zero-order chi connectivity index (χ0) is 42.9. The number of rotatable bonds is 24. The van der Waals surface area contributed by atoms with Crippen LogP contribution in [0.25, 0.3) is 0 Å². The smallest absolute Gasteiger partial charge is 0.264 e. The maximum absolute atomic E-state index is 14.2. The van der Waals surface area contributed by atoms with Gasteiger partial charge in [0.25, 0.3) is 10.1 Å². The van der Waals surface area contributed by atoms with Crippen molar-refractivity contribution in [3.63, 3.8) is 0 Å². The molecule has 322 valence electrons. The number of hydrogen-bond donors (Lipinski definition) is 5. The molecule has 0 spiro atoms. The molecule has 4 amide bonds. The maximum Gasteiger partial charge on any atom is 0.264 e. The van der Waals surface area contributed by atoms with Crippen LogP contribution in [0, 0.1) is 11.8 Å². The Balaban J connectivity index is 1.86. The van der Waals surface area contributed by atoms with Crippen molar-refractivity contribution in [2.45, 2.75) is 103 Å². The largest absolute Gasteiger partial charge is 0.380 e. The summed E-state index contributed by atoms with van der Waals surface area (Å²) in [7, 11) is -3.99. The number of Topliss-reactive ketones (excluding diaryl/α,β-unsaturated/α-hetero) is 1. The molecule has 3 rings (SSSR count). The lowest BCUT2D eigenvalue weighted by Crippen LogP contribution is -2.60. The van der Waals surface area contributed by atoms with Crippen molar-refractivity contribution in [3.8, 4) is 0 Å². The normalized spacial score (nSPS) is 16.7. The van der Waals surface area contributed by atoms with Gasteiger partial charge in [-0.25, -0.2) is 0 Å². The van der Waals surface area contributed by atoms with E-state index in [0.717, 1.165) is 18.7 Å². The van der Waals surface area contributed by atoms with Crippen molar-refractivity contribution < 1.29 is 46.4 Å². The topological polar surface area (TPSA) is 210 Å². The van der Waals surface area contributed by atoms with E-state index in [1.54, 1.807) is 30.3 Å². The zero-order valence-corrected chi connectivity index (χ0v) is 35.5. The van der Waals surface area contributed by atoms with Crippen molar-refractivity contribution in [1.29, 1.82) is 0 Å². The molecule has 1 aliphatic heterocycles. The second-order valence-corrected chi connectivity index (χ2v) is 17.8. The Hall–Kier alpha value is -4.22. The van der Waals surface area contributed by atoms with Crippen molar-refractivity contribution >= 4 is 39.5 Å². The molecule has 15 nitrogen and oxygen atoms in total. The predicted octanol–water partition coefficient (Wildman–Crippen LogP) is 1.91.